The Morgan fingerprint density at radius 1 is 0.833 bits per heavy atom. The van der Waals surface area contributed by atoms with Gasteiger partial charge in [0.1, 0.15) is 0 Å². The zero-order chi connectivity index (χ0) is 13.1. The molecule has 2 rings (SSSR count). The highest BCUT2D eigenvalue weighted by molar-refractivity contribution is 6.29. The van der Waals surface area contributed by atoms with Gasteiger partial charge in [0.2, 0.25) is 0 Å². The summed E-state index contributed by atoms with van der Waals surface area (Å²) in [6, 6.07) is 0. The van der Waals surface area contributed by atoms with Crippen LogP contribution in [0.3, 0.4) is 0 Å². The van der Waals surface area contributed by atoms with E-state index >= 15 is 0 Å². The first-order valence-electron chi connectivity index (χ1n) is 5.63. The number of rotatable bonds is 2. The zero-order valence-corrected chi connectivity index (χ0v) is 9.59. The fourth-order valence-electron chi connectivity index (χ4n) is 1.71. The Balaban J connectivity index is 1.83. The van der Waals surface area contributed by atoms with Crippen molar-refractivity contribution in [2.75, 3.05) is 13.1 Å². The molecule has 2 aliphatic heterocycles. The van der Waals surface area contributed by atoms with E-state index in [1.54, 1.807) is 0 Å². The van der Waals surface area contributed by atoms with E-state index in [4.69, 9.17) is 0 Å². The van der Waals surface area contributed by atoms with Crippen LogP contribution in [-0.4, -0.2) is 47.0 Å². The molecule has 0 unspecified atom stereocenters. The van der Waals surface area contributed by atoms with Crippen molar-refractivity contribution in [1.29, 1.82) is 0 Å². The van der Waals surface area contributed by atoms with Crippen molar-refractivity contribution >= 4 is 23.8 Å². The largest absolute Gasteiger partial charge is 0.444 e. The molecule has 2 heterocycles. The summed E-state index contributed by atoms with van der Waals surface area (Å²) in [5.41, 5.74) is 0. The van der Waals surface area contributed by atoms with E-state index in [9.17, 15) is 19.2 Å². The fourth-order valence-corrected chi connectivity index (χ4v) is 1.71. The highest BCUT2D eigenvalue weighted by Crippen LogP contribution is 2.12. The van der Waals surface area contributed by atoms with Crippen LogP contribution in [0.2, 0.25) is 0 Å². The van der Waals surface area contributed by atoms with Crippen molar-refractivity contribution in [3.8, 4) is 0 Å². The summed E-state index contributed by atoms with van der Waals surface area (Å²) in [4.78, 5) is 54.1. The van der Waals surface area contributed by atoms with Gasteiger partial charge in [0.25, 0.3) is 11.8 Å². The van der Waals surface area contributed by atoms with Gasteiger partial charge in [0.05, 0.1) is 13.1 Å². The molecule has 0 radical (unpaired) electrons. The van der Waals surface area contributed by atoms with E-state index in [1.165, 1.54) is 0 Å². The molecule has 2 amide bonds. The van der Waals surface area contributed by atoms with Gasteiger partial charge >= 0.3 is 11.9 Å². The third-order valence-electron chi connectivity index (χ3n) is 2.61. The molecule has 8 heteroatoms. The maximum Gasteiger partial charge on any atom is 0.444 e. The second-order valence-electron chi connectivity index (χ2n) is 3.96. The van der Waals surface area contributed by atoms with Crippen LogP contribution >= 0.6 is 0 Å². The lowest BCUT2D eigenvalue weighted by atomic mass is 10.4. The van der Waals surface area contributed by atoms with Crippen LogP contribution in [0.4, 0.5) is 0 Å². The van der Waals surface area contributed by atoms with E-state index in [0.29, 0.717) is 12.8 Å². The monoisotopic (exact) mass is 256 g/mol. The topological polar surface area (TPSA) is 93.2 Å². The third kappa shape index (κ3) is 2.58. The van der Waals surface area contributed by atoms with Crippen LogP contribution in [0.15, 0.2) is 0 Å². The summed E-state index contributed by atoms with van der Waals surface area (Å²) < 4.78 is 0. The molecular formula is C10H12N2O6. The van der Waals surface area contributed by atoms with Crippen molar-refractivity contribution in [2.24, 2.45) is 0 Å². The number of hydrogen-bond acceptors (Lipinski definition) is 6. The number of hydrogen-bond donors (Lipinski definition) is 0. The Hall–Kier alpha value is -2.12. The molecule has 8 nitrogen and oxygen atoms in total. The molecule has 0 aliphatic carbocycles. The maximum atomic E-state index is 11.3. The van der Waals surface area contributed by atoms with Crippen molar-refractivity contribution < 1.29 is 28.9 Å². The first-order valence-corrected chi connectivity index (χ1v) is 5.63. The van der Waals surface area contributed by atoms with Crippen molar-refractivity contribution in [2.45, 2.75) is 25.7 Å². The number of carbonyl (C=O) groups excluding carboxylic acids is 4. The predicted octanol–water partition coefficient (Wildman–Crippen LogP) is -0.852. The number of nitrogens with zero attached hydrogens (tertiary/aromatic N) is 2. The maximum absolute atomic E-state index is 11.3. The highest BCUT2D eigenvalue weighted by atomic mass is 16.8. The van der Waals surface area contributed by atoms with Gasteiger partial charge in [-0.25, -0.2) is 9.59 Å². The van der Waals surface area contributed by atoms with Gasteiger partial charge in [-0.1, -0.05) is 0 Å². The number of carbonyl (C=O) groups is 4. The molecule has 2 fully saturated rings. The molecule has 0 N–H and O–H groups in total. The summed E-state index contributed by atoms with van der Waals surface area (Å²) >= 11 is 0. The lowest BCUT2D eigenvalue weighted by Gasteiger charge is -2.16. The molecule has 0 atom stereocenters. The molecule has 0 spiro atoms. The Morgan fingerprint density at radius 2 is 1.22 bits per heavy atom. The summed E-state index contributed by atoms with van der Waals surface area (Å²) in [5, 5.41) is 1.66. The highest BCUT2D eigenvalue weighted by Gasteiger charge is 2.32. The standard InChI is InChI=1S/C10H12N2O6/c13-7-3-1-5-11(7)17-9(15)10(16)18-12-6-2-4-8(12)14/h1-6H2. The molecule has 0 aromatic rings. The Kier molecular flexibility index (Phi) is 3.45. The van der Waals surface area contributed by atoms with Gasteiger partial charge in [0.15, 0.2) is 0 Å². The lowest BCUT2D eigenvalue weighted by Crippen LogP contribution is -2.37. The van der Waals surface area contributed by atoms with E-state index < -0.39 is 11.9 Å². The van der Waals surface area contributed by atoms with E-state index in [0.717, 1.165) is 10.1 Å². The van der Waals surface area contributed by atoms with E-state index in [1.807, 2.05) is 0 Å². The molecule has 98 valence electrons. The number of hydroxylamine groups is 4. The molecule has 0 aromatic carbocycles. The average Bonchev–Trinajstić information content (AvgIpc) is 2.90. The third-order valence-corrected chi connectivity index (χ3v) is 2.61. The second kappa shape index (κ2) is 5.03. The van der Waals surface area contributed by atoms with Crippen LogP contribution in [0, 0.1) is 0 Å². The SMILES string of the molecule is O=C(ON1CCCC1=O)C(=O)ON1CCCC1=O. The van der Waals surface area contributed by atoms with E-state index in [2.05, 4.69) is 9.68 Å². The van der Waals surface area contributed by atoms with Gasteiger partial charge in [-0.05, 0) is 12.8 Å². The normalized spacial score (nSPS) is 19.3. The van der Waals surface area contributed by atoms with Crippen LogP contribution in [0.1, 0.15) is 25.7 Å². The second-order valence-corrected chi connectivity index (χ2v) is 3.96. The zero-order valence-electron chi connectivity index (χ0n) is 9.59. The minimum Gasteiger partial charge on any atom is -0.327 e. The molecular weight excluding hydrogens is 244 g/mol. The van der Waals surface area contributed by atoms with Crippen LogP contribution in [0.25, 0.3) is 0 Å². The van der Waals surface area contributed by atoms with Gasteiger partial charge in [-0.3, -0.25) is 9.59 Å². The Morgan fingerprint density at radius 3 is 1.50 bits per heavy atom. The van der Waals surface area contributed by atoms with Crippen LogP contribution in [0.5, 0.6) is 0 Å². The Labute approximate surface area is 102 Å². The first-order chi connectivity index (χ1) is 8.58. The molecule has 18 heavy (non-hydrogen) atoms. The van der Waals surface area contributed by atoms with Crippen LogP contribution in [-0.2, 0) is 28.9 Å². The minimum atomic E-state index is -1.30. The predicted molar refractivity (Wildman–Crippen MR) is 54.1 cm³/mol. The average molecular weight is 256 g/mol. The summed E-state index contributed by atoms with van der Waals surface area (Å²) in [5.74, 6) is -3.31. The lowest BCUT2D eigenvalue weighted by molar-refractivity contribution is -0.214. The quantitative estimate of drug-likeness (QED) is 0.597. The van der Waals surface area contributed by atoms with E-state index in [-0.39, 0.29) is 37.7 Å². The first kappa shape index (κ1) is 12.3. The van der Waals surface area contributed by atoms with Gasteiger partial charge in [-0.2, -0.15) is 10.1 Å². The molecule has 2 saturated heterocycles. The van der Waals surface area contributed by atoms with Crippen molar-refractivity contribution in [3.05, 3.63) is 0 Å². The van der Waals surface area contributed by atoms with Gasteiger partial charge < -0.3 is 9.68 Å². The van der Waals surface area contributed by atoms with Crippen molar-refractivity contribution in [1.82, 2.24) is 10.1 Å². The van der Waals surface area contributed by atoms with Crippen LogP contribution < -0.4 is 0 Å². The van der Waals surface area contributed by atoms with Crippen molar-refractivity contribution in [3.63, 3.8) is 0 Å². The smallest absolute Gasteiger partial charge is 0.327 e. The summed E-state index contributed by atoms with van der Waals surface area (Å²) in [6.45, 7) is 0.529. The molecule has 0 saturated carbocycles. The number of amides is 2. The Bertz CT molecular complexity index is 369. The summed E-state index contributed by atoms with van der Waals surface area (Å²) in [7, 11) is 0. The molecule has 2 aliphatic rings. The van der Waals surface area contributed by atoms with Gasteiger partial charge in [0, 0.05) is 12.8 Å². The fraction of sp³-hybridized carbons (Fsp3) is 0.600. The summed E-state index contributed by atoms with van der Waals surface area (Å²) in [6.07, 6.45) is 1.72. The minimum absolute atomic E-state index is 0.264. The molecule has 0 aromatic heterocycles. The molecule has 0 bridgehead atoms. The van der Waals surface area contributed by atoms with Gasteiger partial charge in [-0.15, -0.1) is 0 Å².